The van der Waals surface area contributed by atoms with Crippen LogP contribution in [0.25, 0.3) is 0 Å². The lowest BCUT2D eigenvalue weighted by molar-refractivity contribution is 0.0968. The Balaban J connectivity index is 2.96. The van der Waals surface area contributed by atoms with Gasteiger partial charge in [0.1, 0.15) is 0 Å². The van der Waals surface area contributed by atoms with E-state index in [9.17, 15) is 0 Å². The molecular formula is C8H11NO2. The molecule has 3 nitrogen and oxygen atoms in total. The molecule has 1 rings (SSSR count). The molecule has 0 N–H and O–H groups in total. The molecule has 0 aromatic rings. The highest BCUT2D eigenvalue weighted by Gasteiger charge is 2.17. The Hall–Kier alpha value is -1.25. The molecule has 0 atom stereocenters. The number of aliphatic imine (C=N–C) groups is 1. The summed E-state index contributed by atoms with van der Waals surface area (Å²) in [7, 11) is 0. The van der Waals surface area contributed by atoms with Gasteiger partial charge in [0, 0.05) is 0 Å². The number of allylic oxidation sites excluding steroid dienone is 2. The summed E-state index contributed by atoms with van der Waals surface area (Å²) in [5.74, 6) is 1.44. The first-order valence-electron chi connectivity index (χ1n) is 3.39. The lowest BCUT2D eigenvalue weighted by Gasteiger charge is -1.97. The zero-order chi connectivity index (χ0) is 8.27. The van der Waals surface area contributed by atoms with Crippen LogP contribution in [0.2, 0.25) is 0 Å². The molecule has 0 radical (unpaired) electrons. The van der Waals surface area contributed by atoms with E-state index in [4.69, 9.17) is 9.47 Å². The fraction of sp³-hybridized carbons (Fsp3) is 0.375. The maximum absolute atomic E-state index is 5.16. The minimum absolute atomic E-state index is 0.280. The predicted octanol–water partition coefficient (Wildman–Crippen LogP) is 1.83. The molecule has 0 aromatic carbocycles. The van der Waals surface area contributed by atoms with Crippen molar-refractivity contribution >= 4 is 6.72 Å². The summed E-state index contributed by atoms with van der Waals surface area (Å²) < 4.78 is 10.3. The van der Waals surface area contributed by atoms with Crippen molar-refractivity contribution in [1.82, 2.24) is 0 Å². The molecule has 0 amide bonds. The van der Waals surface area contributed by atoms with Gasteiger partial charge in [0.25, 0.3) is 0 Å². The van der Waals surface area contributed by atoms with E-state index in [1.807, 2.05) is 19.9 Å². The first-order chi connectivity index (χ1) is 5.29. The molecule has 3 heteroatoms. The predicted molar refractivity (Wildman–Crippen MR) is 43.0 cm³/mol. The number of rotatable bonds is 1. The molecule has 60 valence electrons. The third kappa shape index (κ3) is 1.42. The Morgan fingerprint density at radius 1 is 1.64 bits per heavy atom. The van der Waals surface area contributed by atoms with Crippen molar-refractivity contribution in [3.05, 3.63) is 23.3 Å². The van der Waals surface area contributed by atoms with E-state index in [1.165, 1.54) is 0 Å². The van der Waals surface area contributed by atoms with Crippen molar-refractivity contribution in [2.75, 3.05) is 6.79 Å². The maximum atomic E-state index is 5.16. The normalized spacial score (nSPS) is 24.4. The third-order valence-corrected chi connectivity index (χ3v) is 1.47. The zero-order valence-electron chi connectivity index (χ0n) is 6.76. The van der Waals surface area contributed by atoms with Crippen LogP contribution < -0.4 is 0 Å². The van der Waals surface area contributed by atoms with Crippen LogP contribution in [-0.2, 0) is 9.47 Å². The standard InChI is InChI=1S/C8H11NO2/c1-4-7-8(6(2)9-3)11-5-10-7/h4H,3,5H2,1-2H3/b7-4+,8-6+. The van der Waals surface area contributed by atoms with E-state index < -0.39 is 0 Å². The molecule has 1 heterocycles. The van der Waals surface area contributed by atoms with Crippen molar-refractivity contribution in [1.29, 1.82) is 0 Å². The Labute approximate surface area is 66.0 Å². The van der Waals surface area contributed by atoms with E-state index >= 15 is 0 Å². The van der Waals surface area contributed by atoms with Crippen LogP contribution in [0.3, 0.4) is 0 Å². The molecule has 1 fully saturated rings. The minimum Gasteiger partial charge on any atom is -0.454 e. The molecule has 1 aliphatic rings. The lowest BCUT2D eigenvalue weighted by Crippen LogP contribution is -1.85. The summed E-state index contributed by atoms with van der Waals surface area (Å²) in [5.41, 5.74) is 0.760. The Kier molecular flexibility index (Phi) is 2.31. The van der Waals surface area contributed by atoms with E-state index in [0.717, 1.165) is 11.5 Å². The smallest absolute Gasteiger partial charge is 0.231 e. The number of hydrogen-bond donors (Lipinski definition) is 0. The van der Waals surface area contributed by atoms with Gasteiger partial charge in [-0.2, -0.15) is 0 Å². The van der Waals surface area contributed by atoms with Crippen LogP contribution in [-0.4, -0.2) is 13.5 Å². The Morgan fingerprint density at radius 3 is 2.91 bits per heavy atom. The quantitative estimate of drug-likeness (QED) is 0.538. The second-order valence-electron chi connectivity index (χ2n) is 2.13. The average molecular weight is 153 g/mol. The minimum atomic E-state index is 0.280. The molecule has 0 aromatic heterocycles. The number of nitrogens with zero attached hydrogens (tertiary/aromatic N) is 1. The van der Waals surface area contributed by atoms with Crippen molar-refractivity contribution in [3.63, 3.8) is 0 Å². The highest BCUT2D eigenvalue weighted by Crippen LogP contribution is 2.23. The summed E-state index contributed by atoms with van der Waals surface area (Å²) in [6.45, 7) is 7.41. The third-order valence-electron chi connectivity index (χ3n) is 1.47. The SMILES string of the molecule is C=N/C(C)=C1/OCO/C1=C/C. The molecule has 0 bridgehead atoms. The monoisotopic (exact) mass is 153 g/mol. The van der Waals surface area contributed by atoms with Gasteiger partial charge < -0.3 is 9.47 Å². The summed E-state index contributed by atoms with van der Waals surface area (Å²) >= 11 is 0. The highest BCUT2D eigenvalue weighted by molar-refractivity contribution is 5.34. The Morgan fingerprint density at radius 2 is 2.36 bits per heavy atom. The summed E-state index contributed by atoms with van der Waals surface area (Å²) in [6, 6.07) is 0. The summed E-state index contributed by atoms with van der Waals surface area (Å²) in [6.07, 6.45) is 1.84. The fourth-order valence-electron chi connectivity index (χ4n) is 0.858. The molecule has 0 unspecified atom stereocenters. The van der Waals surface area contributed by atoms with Gasteiger partial charge in [0.2, 0.25) is 6.79 Å². The van der Waals surface area contributed by atoms with Gasteiger partial charge in [-0.05, 0) is 26.6 Å². The van der Waals surface area contributed by atoms with Gasteiger partial charge in [0.15, 0.2) is 11.5 Å². The van der Waals surface area contributed by atoms with E-state index in [1.54, 1.807) is 0 Å². The van der Waals surface area contributed by atoms with Crippen LogP contribution in [0.1, 0.15) is 13.8 Å². The summed E-state index contributed by atoms with van der Waals surface area (Å²) in [4.78, 5) is 3.75. The second kappa shape index (κ2) is 3.23. The van der Waals surface area contributed by atoms with Crippen LogP contribution in [0.4, 0.5) is 0 Å². The van der Waals surface area contributed by atoms with E-state index in [2.05, 4.69) is 11.7 Å². The van der Waals surface area contributed by atoms with Crippen molar-refractivity contribution in [2.24, 2.45) is 4.99 Å². The first kappa shape index (κ1) is 7.85. The number of ether oxygens (including phenoxy) is 2. The van der Waals surface area contributed by atoms with Crippen molar-refractivity contribution in [3.8, 4) is 0 Å². The molecule has 1 saturated heterocycles. The topological polar surface area (TPSA) is 30.8 Å². The van der Waals surface area contributed by atoms with Gasteiger partial charge in [0.05, 0.1) is 5.70 Å². The van der Waals surface area contributed by atoms with Gasteiger partial charge in [-0.15, -0.1) is 0 Å². The Bertz CT molecular complexity index is 228. The molecule has 0 aliphatic carbocycles. The fourth-order valence-corrected chi connectivity index (χ4v) is 0.858. The van der Waals surface area contributed by atoms with E-state index in [0.29, 0.717) is 5.76 Å². The van der Waals surface area contributed by atoms with Crippen LogP contribution in [0.5, 0.6) is 0 Å². The van der Waals surface area contributed by atoms with Gasteiger partial charge >= 0.3 is 0 Å². The van der Waals surface area contributed by atoms with Gasteiger partial charge in [-0.3, -0.25) is 4.99 Å². The van der Waals surface area contributed by atoms with Crippen LogP contribution >= 0.6 is 0 Å². The zero-order valence-corrected chi connectivity index (χ0v) is 6.76. The van der Waals surface area contributed by atoms with E-state index in [-0.39, 0.29) is 6.79 Å². The molecule has 0 spiro atoms. The lowest BCUT2D eigenvalue weighted by atomic mass is 10.3. The largest absolute Gasteiger partial charge is 0.454 e. The molecule has 1 aliphatic heterocycles. The molecular weight excluding hydrogens is 142 g/mol. The maximum Gasteiger partial charge on any atom is 0.231 e. The second-order valence-corrected chi connectivity index (χ2v) is 2.13. The van der Waals surface area contributed by atoms with Crippen molar-refractivity contribution < 1.29 is 9.47 Å². The summed E-state index contributed by atoms with van der Waals surface area (Å²) in [5, 5.41) is 0. The molecule has 11 heavy (non-hydrogen) atoms. The van der Waals surface area contributed by atoms with Gasteiger partial charge in [-0.1, -0.05) is 0 Å². The number of hydrogen-bond acceptors (Lipinski definition) is 3. The molecule has 0 saturated carbocycles. The van der Waals surface area contributed by atoms with Crippen LogP contribution in [0, 0.1) is 0 Å². The first-order valence-corrected chi connectivity index (χ1v) is 3.39. The highest BCUT2D eigenvalue weighted by atomic mass is 16.7. The average Bonchev–Trinajstić information content (AvgIpc) is 2.50. The van der Waals surface area contributed by atoms with Gasteiger partial charge in [-0.25, -0.2) is 0 Å². The van der Waals surface area contributed by atoms with Crippen LogP contribution in [0.15, 0.2) is 28.3 Å². The van der Waals surface area contributed by atoms with Crippen molar-refractivity contribution in [2.45, 2.75) is 13.8 Å².